The van der Waals surface area contributed by atoms with E-state index in [0.717, 1.165) is 4.90 Å². The third-order valence-corrected chi connectivity index (χ3v) is 6.15. The van der Waals surface area contributed by atoms with Crippen molar-refractivity contribution in [1.82, 2.24) is 5.32 Å². The van der Waals surface area contributed by atoms with Crippen LogP contribution in [0.15, 0.2) is 70.7 Å². The average molecular weight is 617 g/mol. The number of ether oxygens (including phenoxy) is 2. The number of imide groups is 2. The van der Waals surface area contributed by atoms with Crippen molar-refractivity contribution in [2.45, 2.75) is 6.92 Å². The van der Waals surface area contributed by atoms with Gasteiger partial charge < -0.3 is 14.8 Å². The molecule has 0 spiro atoms. The highest BCUT2D eigenvalue weighted by Gasteiger charge is 2.36. The lowest BCUT2D eigenvalue weighted by molar-refractivity contribution is -0.122. The normalized spacial score (nSPS) is 14.3. The van der Waals surface area contributed by atoms with E-state index < -0.39 is 29.6 Å². The molecule has 9 nitrogen and oxygen atoms in total. The molecule has 4 rings (SSSR count). The second-order valence-electron chi connectivity index (χ2n) is 8.04. The maximum atomic E-state index is 13.2. The lowest BCUT2D eigenvalue weighted by Gasteiger charge is -2.26. The maximum absolute atomic E-state index is 13.2. The number of amides is 5. The summed E-state index contributed by atoms with van der Waals surface area (Å²) in [5, 5.41) is 5.17. The largest absolute Gasteiger partial charge is 0.490 e. The SMILES string of the molecule is CCOc1cc(/C=C2\C(=O)NC(=O)N(c3ccc(Cl)cc3)C2=O)cc(Br)c1OCC(=O)Nc1ccc(F)cc1. The van der Waals surface area contributed by atoms with Crippen molar-refractivity contribution in [3.8, 4) is 11.5 Å². The smallest absolute Gasteiger partial charge is 0.335 e. The minimum atomic E-state index is -0.886. The molecule has 1 aliphatic rings. The van der Waals surface area contributed by atoms with Crippen LogP contribution in [0.1, 0.15) is 12.5 Å². The molecule has 200 valence electrons. The summed E-state index contributed by atoms with van der Waals surface area (Å²) in [6.45, 7) is 1.62. The number of hydrogen-bond acceptors (Lipinski definition) is 6. The highest BCUT2D eigenvalue weighted by molar-refractivity contribution is 9.10. The molecular formula is C27H20BrClFN3O6. The van der Waals surface area contributed by atoms with Gasteiger partial charge in [-0.25, -0.2) is 14.1 Å². The molecule has 39 heavy (non-hydrogen) atoms. The number of carbonyl (C=O) groups excluding carboxylic acids is 4. The van der Waals surface area contributed by atoms with Crippen LogP contribution >= 0.6 is 27.5 Å². The summed E-state index contributed by atoms with van der Waals surface area (Å²) in [4.78, 5) is 51.3. The molecule has 1 heterocycles. The lowest BCUT2D eigenvalue weighted by atomic mass is 10.1. The molecule has 0 unspecified atom stereocenters. The Morgan fingerprint density at radius 2 is 1.77 bits per heavy atom. The average Bonchev–Trinajstić information content (AvgIpc) is 2.88. The minimum absolute atomic E-state index is 0.214. The Hall–Kier alpha value is -4.22. The van der Waals surface area contributed by atoms with Gasteiger partial charge in [-0.2, -0.15) is 0 Å². The number of anilines is 2. The molecular weight excluding hydrogens is 597 g/mol. The number of urea groups is 1. The highest BCUT2D eigenvalue weighted by Crippen LogP contribution is 2.38. The third-order valence-electron chi connectivity index (χ3n) is 5.30. The van der Waals surface area contributed by atoms with E-state index in [2.05, 4.69) is 26.6 Å². The molecule has 1 aliphatic heterocycles. The third kappa shape index (κ3) is 6.62. The van der Waals surface area contributed by atoms with E-state index in [1.54, 1.807) is 13.0 Å². The second-order valence-corrected chi connectivity index (χ2v) is 9.33. The number of halogens is 3. The quantitative estimate of drug-likeness (QED) is 0.262. The number of benzene rings is 3. The van der Waals surface area contributed by atoms with Crippen molar-refractivity contribution in [1.29, 1.82) is 0 Å². The van der Waals surface area contributed by atoms with Gasteiger partial charge in [0, 0.05) is 10.7 Å². The lowest BCUT2D eigenvalue weighted by Crippen LogP contribution is -2.54. The minimum Gasteiger partial charge on any atom is -0.490 e. The molecule has 2 N–H and O–H groups in total. The topological polar surface area (TPSA) is 114 Å². The fraction of sp³-hybridized carbons (Fsp3) is 0.111. The molecule has 3 aromatic rings. The molecule has 0 aromatic heterocycles. The Kier molecular flexibility index (Phi) is 8.62. The fourth-order valence-electron chi connectivity index (χ4n) is 3.59. The van der Waals surface area contributed by atoms with Crippen LogP contribution in [0, 0.1) is 5.82 Å². The van der Waals surface area contributed by atoms with Gasteiger partial charge in [0.15, 0.2) is 18.1 Å². The maximum Gasteiger partial charge on any atom is 0.335 e. The predicted octanol–water partition coefficient (Wildman–Crippen LogP) is 5.32. The zero-order valence-corrected chi connectivity index (χ0v) is 22.6. The van der Waals surface area contributed by atoms with Gasteiger partial charge in [-0.05, 0) is 95.2 Å². The van der Waals surface area contributed by atoms with E-state index >= 15 is 0 Å². The molecule has 0 atom stereocenters. The first-order valence-electron chi connectivity index (χ1n) is 11.5. The number of nitrogens with zero attached hydrogens (tertiary/aromatic N) is 1. The van der Waals surface area contributed by atoms with E-state index in [1.165, 1.54) is 60.7 Å². The van der Waals surface area contributed by atoms with Crippen molar-refractivity contribution < 1.29 is 33.0 Å². The summed E-state index contributed by atoms with van der Waals surface area (Å²) < 4.78 is 24.8. The van der Waals surface area contributed by atoms with Crippen molar-refractivity contribution in [2.24, 2.45) is 0 Å². The van der Waals surface area contributed by atoms with Crippen LogP contribution in [0.4, 0.5) is 20.6 Å². The molecule has 0 bridgehead atoms. The van der Waals surface area contributed by atoms with Crippen LogP contribution in [0.2, 0.25) is 5.02 Å². The first-order chi connectivity index (χ1) is 18.7. The fourth-order valence-corrected chi connectivity index (χ4v) is 4.29. The van der Waals surface area contributed by atoms with Gasteiger partial charge in [0.2, 0.25) is 0 Å². The summed E-state index contributed by atoms with van der Waals surface area (Å²) in [6.07, 6.45) is 1.31. The van der Waals surface area contributed by atoms with Gasteiger partial charge >= 0.3 is 6.03 Å². The van der Waals surface area contributed by atoms with E-state index in [9.17, 15) is 23.6 Å². The van der Waals surface area contributed by atoms with Gasteiger partial charge in [0.1, 0.15) is 11.4 Å². The van der Waals surface area contributed by atoms with Gasteiger partial charge in [0.25, 0.3) is 17.7 Å². The molecule has 12 heteroatoms. The first kappa shape index (κ1) is 27.8. The number of carbonyl (C=O) groups is 4. The van der Waals surface area contributed by atoms with Gasteiger partial charge in [0.05, 0.1) is 16.8 Å². The van der Waals surface area contributed by atoms with Crippen molar-refractivity contribution in [3.63, 3.8) is 0 Å². The molecule has 0 saturated carbocycles. The molecule has 5 amide bonds. The second kappa shape index (κ2) is 12.1. The van der Waals surface area contributed by atoms with Crippen LogP contribution in [0.5, 0.6) is 11.5 Å². The number of hydrogen-bond donors (Lipinski definition) is 2. The van der Waals surface area contributed by atoms with E-state index in [0.29, 0.717) is 20.7 Å². The first-order valence-corrected chi connectivity index (χ1v) is 12.6. The molecule has 1 fully saturated rings. The van der Waals surface area contributed by atoms with Crippen LogP contribution in [0.3, 0.4) is 0 Å². The van der Waals surface area contributed by atoms with Crippen LogP contribution in [-0.4, -0.2) is 37.0 Å². The van der Waals surface area contributed by atoms with Crippen molar-refractivity contribution in [2.75, 3.05) is 23.4 Å². The standard InChI is InChI=1S/C27H20BrClFN3O6/c1-2-38-22-13-15(12-21(28)24(22)39-14-23(34)31-18-7-5-17(30)6-8-18)11-20-25(35)32-27(37)33(26(20)36)19-9-3-16(29)4-10-19/h3-13H,2,14H2,1H3,(H,31,34)(H,32,35,37)/b20-11+. The van der Waals surface area contributed by atoms with Crippen LogP contribution < -0.4 is 25.0 Å². The Balaban J connectivity index is 1.57. The Bertz CT molecular complexity index is 1480. The van der Waals surface area contributed by atoms with Crippen LogP contribution in [0.25, 0.3) is 6.08 Å². The Morgan fingerprint density at radius 1 is 1.08 bits per heavy atom. The molecule has 3 aromatic carbocycles. The summed E-state index contributed by atoms with van der Waals surface area (Å²) in [6, 6.07) is 13.5. The molecule has 0 radical (unpaired) electrons. The van der Waals surface area contributed by atoms with Gasteiger partial charge in [-0.15, -0.1) is 0 Å². The summed E-state index contributed by atoms with van der Waals surface area (Å²) in [5.41, 5.74) is 0.736. The van der Waals surface area contributed by atoms with Gasteiger partial charge in [-0.3, -0.25) is 19.7 Å². The van der Waals surface area contributed by atoms with E-state index in [1.807, 2.05) is 0 Å². The van der Waals surface area contributed by atoms with Crippen LogP contribution in [-0.2, 0) is 14.4 Å². The zero-order chi connectivity index (χ0) is 28.1. The Labute approximate surface area is 235 Å². The number of nitrogens with one attached hydrogen (secondary N) is 2. The van der Waals surface area contributed by atoms with E-state index in [-0.39, 0.29) is 36.0 Å². The molecule has 0 aliphatic carbocycles. The summed E-state index contributed by atoms with van der Waals surface area (Å²) in [7, 11) is 0. The Morgan fingerprint density at radius 3 is 2.44 bits per heavy atom. The molecule has 1 saturated heterocycles. The monoisotopic (exact) mass is 615 g/mol. The zero-order valence-electron chi connectivity index (χ0n) is 20.3. The van der Waals surface area contributed by atoms with E-state index in [4.69, 9.17) is 21.1 Å². The number of rotatable bonds is 8. The van der Waals surface area contributed by atoms with Crippen molar-refractivity contribution in [3.05, 3.63) is 87.1 Å². The highest BCUT2D eigenvalue weighted by atomic mass is 79.9. The number of barbiturate groups is 1. The predicted molar refractivity (Wildman–Crippen MR) is 146 cm³/mol. The summed E-state index contributed by atoms with van der Waals surface area (Å²) >= 11 is 9.28. The van der Waals surface area contributed by atoms with Crippen molar-refractivity contribution >= 4 is 68.7 Å². The summed E-state index contributed by atoms with van der Waals surface area (Å²) in [5.74, 6) is -2.15. The van der Waals surface area contributed by atoms with Gasteiger partial charge in [-0.1, -0.05) is 11.6 Å².